The van der Waals surface area contributed by atoms with Crippen molar-refractivity contribution in [2.75, 3.05) is 24.5 Å². The van der Waals surface area contributed by atoms with E-state index in [1.165, 1.54) is 0 Å². The summed E-state index contributed by atoms with van der Waals surface area (Å²) in [4.78, 5) is 29.4. The first-order valence-corrected chi connectivity index (χ1v) is 11.2. The van der Waals surface area contributed by atoms with E-state index in [0.717, 1.165) is 12.4 Å². The second-order valence-corrected chi connectivity index (χ2v) is 8.35. The standard InChI is InChI=1S/C24H22F3N7O/c1-16-8-11-32(20-15-29-19(14-30-20)24(25,26)27)12-13-33(16)23(35)21-18-7-3-5-10-34(18)31-22(21)17-6-2-4-9-28-17/h2-7,9-10,14-16H,8,11-13H2,1H3/t16-/m1/s1. The Morgan fingerprint density at radius 3 is 2.54 bits per heavy atom. The van der Waals surface area contributed by atoms with E-state index in [2.05, 4.69) is 20.1 Å². The Bertz CT molecular complexity index is 1340. The van der Waals surface area contributed by atoms with Crippen molar-refractivity contribution in [1.82, 2.24) is 29.5 Å². The molecular formula is C24H22F3N7O. The monoisotopic (exact) mass is 481 g/mol. The molecule has 0 spiro atoms. The van der Waals surface area contributed by atoms with Crippen molar-refractivity contribution in [3.05, 3.63) is 72.4 Å². The van der Waals surface area contributed by atoms with Crippen LogP contribution in [0.2, 0.25) is 0 Å². The van der Waals surface area contributed by atoms with Crippen LogP contribution in [0.3, 0.4) is 0 Å². The third-order valence-electron chi connectivity index (χ3n) is 6.13. The highest BCUT2D eigenvalue weighted by atomic mass is 19.4. The van der Waals surface area contributed by atoms with Gasteiger partial charge in [0.25, 0.3) is 5.91 Å². The topological polar surface area (TPSA) is 79.5 Å². The average molecular weight is 481 g/mol. The van der Waals surface area contributed by atoms with Gasteiger partial charge in [0, 0.05) is 38.1 Å². The molecule has 0 radical (unpaired) electrons. The second kappa shape index (κ2) is 8.97. The summed E-state index contributed by atoms with van der Waals surface area (Å²) in [6, 6.07) is 10.9. The summed E-state index contributed by atoms with van der Waals surface area (Å²) in [6.07, 6.45) is 1.40. The molecule has 1 aliphatic rings. The summed E-state index contributed by atoms with van der Waals surface area (Å²) < 4.78 is 40.2. The minimum atomic E-state index is -4.54. The highest BCUT2D eigenvalue weighted by Crippen LogP contribution is 2.29. The molecule has 0 unspecified atom stereocenters. The largest absolute Gasteiger partial charge is 0.434 e. The summed E-state index contributed by atoms with van der Waals surface area (Å²) >= 11 is 0. The molecule has 5 heterocycles. The molecule has 0 aliphatic carbocycles. The van der Waals surface area contributed by atoms with Crippen molar-refractivity contribution in [2.45, 2.75) is 25.6 Å². The minimum absolute atomic E-state index is 0.106. The smallest absolute Gasteiger partial charge is 0.353 e. The van der Waals surface area contributed by atoms with Crippen molar-refractivity contribution < 1.29 is 18.0 Å². The van der Waals surface area contributed by atoms with Gasteiger partial charge in [-0.1, -0.05) is 12.1 Å². The lowest BCUT2D eigenvalue weighted by Crippen LogP contribution is -2.40. The lowest BCUT2D eigenvalue weighted by Gasteiger charge is -2.27. The Balaban J connectivity index is 1.44. The number of hydrogen-bond donors (Lipinski definition) is 0. The number of anilines is 1. The van der Waals surface area contributed by atoms with E-state index >= 15 is 0 Å². The first-order chi connectivity index (χ1) is 16.8. The first kappa shape index (κ1) is 22.8. The summed E-state index contributed by atoms with van der Waals surface area (Å²) in [7, 11) is 0. The maximum atomic E-state index is 13.9. The maximum absolute atomic E-state index is 13.9. The minimum Gasteiger partial charge on any atom is -0.353 e. The average Bonchev–Trinajstić information content (AvgIpc) is 3.14. The Labute approximate surface area is 199 Å². The van der Waals surface area contributed by atoms with E-state index in [9.17, 15) is 18.0 Å². The fourth-order valence-electron chi connectivity index (χ4n) is 4.26. The van der Waals surface area contributed by atoms with Crippen molar-refractivity contribution in [1.29, 1.82) is 0 Å². The van der Waals surface area contributed by atoms with Crippen molar-refractivity contribution in [3.63, 3.8) is 0 Å². The van der Waals surface area contributed by atoms with Gasteiger partial charge >= 0.3 is 6.18 Å². The number of amides is 1. The second-order valence-electron chi connectivity index (χ2n) is 8.35. The fourth-order valence-corrected chi connectivity index (χ4v) is 4.26. The number of hydrogen-bond acceptors (Lipinski definition) is 6. The number of nitrogens with zero attached hydrogens (tertiary/aromatic N) is 7. The van der Waals surface area contributed by atoms with Crippen LogP contribution < -0.4 is 4.90 Å². The lowest BCUT2D eigenvalue weighted by molar-refractivity contribution is -0.141. The molecule has 4 aromatic rings. The molecule has 1 aliphatic heterocycles. The number of fused-ring (bicyclic) bond motifs is 1. The predicted molar refractivity (Wildman–Crippen MR) is 123 cm³/mol. The number of rotatable bonds is 3. The third kappa shape index (κ3) is 4.41. The molecule has 1 saturated heterocycles. The van der Waals surface area contributed by atoms with Gasteiger partial charge in [0.1, 0.15) is 11.5 Å². The van der Waals surface area contributed by atoms with Crippen LogP contribution in [0.1, 0.15) is 29.4 Å². The number of carbonyl (C=O) groups excluding carboxylic acids is 1. The molecule has 0 N–H and O–H groups in total. The van der Waals surface area contributed by atoms with Crippen molar-refractivity contribution >= 4 is 17.2 Å². The molecular weight excluding hydrogens is 459 g/mol. The van der Waals surface area contributed by atoms with Gasteiger partial charge in [-0.3, -0.25) is 9.78 Å². The molecule has 8 nitrogen and oxygen atoms in total. The third-order valence-corrected chi connectivity index (χ3v) is 6.13. The zero-order valence-corrected chi connectivity index (χ0v) is 18.9. The van der Waals surface area contributed by atoms with E-state index in [1.807, 2.05) is 42.2 Å². The zero-order valence-electron chi connectivity index (χ0n) is 18.9. The van der Waals surface area contributed by atoms with Crippen LogP contribution in [-0.4, -0.2) is 61.0 Å². The van der Waals surface area contributed by atoms with Crippen LogP contribution in [0.4, 0.5) is 19.0 Å². The summed E-state index contributed by atoms with van der Waals surface area (Å²) in [5.41, 5.74) is 1.22. The molecule has 4 aromatic heterocycles. The van der Waals surface area contributed by atoms with Gasteiger partial charge in [-0.25, -0.2) is 14.5 Å². The van der Waals surface area contributed by atoms with Gasteiger partial charge in [0.2, 0.25) is 0 Å². The molecule has 0 aromatic carbocycles. The Kier molecular flexibility index (Phi) is 5.83. The van der Waals surface area contributed by atoms with Gasteiger partial charge in [-0.15, -0.1) is 0 Å². The normalized spacial score (nSPS) is 17.0. The Hall–Kier alpha value is -4.02. The summed E-state index contributed by atoms with van der Waals surface area (Å²) in [5.74, 6) is 0.185. The SMILES string of the molecule is C[C@@H]1CCN(c2cnc(C(F)(F)F)cn2)CCN1C(=O)c1c(-c2ccccn2)nn2ccccc12. The van der Waals surface area contributed by atoms with Gasteiger partial charge in [0.05, 0.1) is 29.2 Å². The lowest BCUT2D eigenvalue weighted by atomic mass is 10.1. The molecule has 1 fully saturated rings. The van der Waals surface area contributed by atoms with E-state index in [0.29, 0.717) is 54.3 Å². The Morgan fingerprint density at radius 1 is 1.00 bits per heavy atom. The quantitative estimate of drug-likeness (QED) is 0.441. The molecule has 0 bridgehead atoms. The van der Waals surface area contributed by atoms with Crippen LogP contribution in [0.25, 0.3) is 16.9 Å². The predicted octanol–water partition coefficient (Wildman–Crippen LogP) is 3.95. The van der Waals surface area contributed by atoms with E-state index in [1.54, 1.807) is 27.9 Å². The van der Waals surface area contributed by atoms with Gasteiger partial charge in [-0.05, 0) is 37.6 Å². The van der Waals surface area contributed by atoms with Gasteiger partial charge < -0.3 is 9.80 Å². The van der Waals surface area contributed by atoms with Crippen LogP contribution in [-0.2, 0) is 6.18 Å². The zero-order chi connectivity index (χ0) is 24.6. The molecule has 5 rings (SSSR count). The van der Waals surface area contributed by atoms with E-state index in [-0.39, 0.29) is 11.9 Å². The highest BCUT2D eigenvalue weighted by Gasteiger charge is 2.34. The maximum Gasteiger partial charge on any atom is 0.434 e. The van der Waals surface area contributed by atoms with Crippen molar-refractivity contribution in [2.24, 2.45) is 0 Å². The number of carbonyl (C=O) groups is 1. The number of aromatic nitrogens is 5. The molecule has 11 heteroatoms. The molecule has 1 amide bonds. The summed E-state index contributed by atoms with van der Waals surface area (Å²) in [6.45, 7) is 3.28. The Morgan fingerprint density at radius 2 is 1.83 bits per heavy atom. The van der Waals surface area contributed by atoms with Gasteiger partial charge in [0.15, 0.2) is 5.69 Å². The van der Waals surface area contributed by atoms with Crippen LogP contribution in [0, 0.1) is 0 Å². The molecule has 1 atom stereocenters. The highest BCUT2D eigenvalue weighted by molar-refractivity contribution is 6.06. The molecule has 180 valence electrons. The molecule has 35 heavy (non-hydrogen) atoms. The van der Waals surface area contributed by atoms with E-state index in [4.69, 9.17) is 0 Å². The van der Waals surface area contributed by atoms with E-state index < -0.39 is 11.9 Å². The van der Waals surface area contributed by atoms with Crippen LogP contribution in [0.5, 0.6) is 0 Å². The molecule has 0 saturated carbocycles. The van der Waals surface area contributed by atoms with Crippen LogP contribution in [0.15, 0.2) is 61.2 Å². The number of alkyl halides is 3. The first-order valence-electron chi connectivity index (χ1n) is 11.2. The fraction of sp³-hybridized carbons (Fsp3) is 0.292. The summed E-state index contributed by atoms with van der Waals surface area (Å²) in [5, 5.41) is 4.62. The van der Waals surface area contributed by atoms with Crippen LogP contribution >= 0.6 is 0 Å². The van der Waals surface area contributed by atoms with Gasteiger partial charge in [-0.2, -0.15) is 18.3 Å². The number of pyridine rings is 2. The van der Waals surface area contributed by atoms with Crippen molar-refractivity contribution in [3.8, 4) is 11.4 Å². The number of halogens is 3.